The third-order valence-corrected chi connectivity index (χ3v) is 4.22. The van der Waals surface area contributed by atoms with Crippen LogP contribution < -0.4 is 5.32 Å². The maximum Gasteiger partial charge on any atom is 0.226 e. The zero-order valence-electron chi connectivity index (χ0n) is 14.3. The van der Waals surface area contributed by atoms with Gasteiger partial charge in [-0.3, -0.25) is 9.48 Å². The first-order valence-electron chi connectivity index (χ1n) is 8.60. The minimum atomic E-state index is -0.0305. The number of aromatic nitrogens is 2. The van der Waals surface area contributed by atoms with Gasteiger partial charge >= 0.3 is 0 Å². The van der Waals surface area contributed by atoms with Crippen molar-refractivity contribution in [3.63, 3.8) is 0 Å². The molecule has 1 aliphatic rings. The van der Waals surface area contributed by atoms with Crippen LogP contribution in [0.5, 0.6) is 0 Å². The van der Waals surface area contributed by atoms with Crippen LogP contribution in [0.15, 0.2) is 24.4 Å². The molecule has 1 saturated heterocycles. The molecule has 0 atom stereocenters. The molecular weight excluding hydrogens is 306 g/mol. The average molecular weight is 331 g/mol. The quantitative estimate of drug-likeness (QED) is 0.883. The van der Waals surface area contributed by atoms with Gasteiger partial charge in [0.15, 0.2) is 0 Å². The van der Waals surface area contributed by atoms with Crippen LogP contribution in [-0.2, 0) is 14.3 Å². The fourth-order valence-corrected chi connectivity index (χ4v) is 2.91. The van der Waals surface area contributed by atoms with Crippen molar-refractivity contribution in [2.75, 3.05) is 25.1 Å². The van der Waals surface area contributed by atoms with E-state index in [0.717, 1.165) is 42.6 Å². The van der Waals surface area contributed by atoms with E-state index in [1.54, 1.807) is 0 Å². The number of hydrogen-bond donors (Lipinski definition) is 1. The Balaban J connectivity index is 1.53. The molecule has 1 aromatic heterocycles. The summed E-state index contributed by atoms with van der Waals surface area (Å²) in [6, 6.07) is 6.14. The Kier molecular flexibility index (Phi) is 5.48. The molecule has 3 rings (SSSR count). The van der Waals surface area contributed by atoms with Crippen LogP contribution in [0.2, 0.25) is 0 Å². The first kappa shape index (κ1) is 16.9. The van der Waals surface area contributed by atoms with Crippen LogP contribution in [0.3, 0.4) is 0 Å². The summed E-state index contributed by atoms with van der Waals surface area (Å²) in [6.45, 7) is 6.13. The Hall–Kier alpha value is -1.92. The number of benzene rings is 1. The van der Waals surface area contributed by atoms with Gasteiger partial charge in [-0.1, -0.05) is 0 Å². The molecule has 1 amide bonds. The second kappa shape index (κ2) is 7.77. The lowest BCUT2D eigenvalue weighted by molar-refractivity contribution is -0.118. The minimum Gasteiger partial charge on any atom is -0.381 e. The Bertz CT molecular complexity index is 690. The Morgan fingerprint density at radius 1 is 1.42 bits per heavy atom. The van der Waals surface area contributed by atoms with E-state index >= 15 is 0 Å². The molecule has 1 aromatic carbocycles. The van der Waals surface area contributed by atoms with Crippen LogP contribution in [0.1, 0.15) is 39.2 Å². The highest BCUT2D eigenvalue weighted by Gasteiger charge is 2.14. The molecule has 0 radical (unpaired) electrons. The smallest absolute Gasteiger partial charge is 0.226 e. The summed E-state index contributed by atoms with van der Waals surface area (Å²) in [5, 5.41) is 8.41. The Morgan fingerprint density at radius 3 is 2.96 bits per heavy atom. The normalized spacial score (nSPS) is 16.0. The monoisotopic (exact) mass is 331 g/mol. The van der Waals surface area contributed by atoms with E-state index < -0.39 is 0 Å². The van der Waals surface area contributed by atoms with Gasteiger partial charge in [0.1, 0.15) is 0 Å². The summed E-state index contributed by atoms with van der Waals surface area (Å²) in [5.41, 5.74) is 1.82. The number of nitrogens with zero attached hydrogens (tertiary/aromatic N) is 2. The molecule has 1 fully saturated rings. The van der Waals surface area contributed by atoms with Gasteiger partial charge < -0.3 is 14.8 Å². The minimum absolute atomic E-state index is 0.0305. The lowest BCUT2D eigenvalue weighted by atomic mass is 10.1. The van der Waals surface area contributed by atoms with E-state index in [0.29, 0.717) is 13.0 Å². The summed E-state index contributed by atoms with van der Waals surface area (Å²) in [7, 11) is 0. The van der Waals surface area contributed by atoms with Gasteiger partial charge in [0.05, 0.1) is 30.8 Å². The Morgan fingerprint density at radius 2 is 2.21 bits per heavy atom. The van der Waals surface area contributed by atoms with Gasteiger partial charge in [0.25, 0.3) is 0 Å². The first-order chi connectivity index (χ1) is 11.6. The summed E-state index contributed by atoms with van der Waals surface area (Å²) >= 11 is 0. The number of amides is 1. The van der Waals surface area contributed by atoms with Gasteiger partial charge in [-0.15, -0.1) is 0 Å². The fraction of sp³-hybridized carbons (Fsp3) is 0.556. The number of nitrogens with one attached hydrogen (secondary N) is 1. The van der Waals surface area contributed by atoms with Crippen molar-refractivity contribution in [3.8, 4) is 0 Å². The predicted octanol–water partition coefficient (Wildman–Crippen LogP) is 3.14. The van der Waals surface area contributed by atoms with E-state index in [9.17, 15) is 4.79 Å². The van der Waals surface area contributed by atoms with Crippen molar-refractivity contribution < 1.29 is 14.3 Å². The van der Waals surface area contributed by atoms with E-state index in [2.05, 4.69) is 24.3 Å². The number of rotatable bonds is 6. The highest BCUT2D eigenvalue weighted by atomic mass is 16.5. The molecule has 24 heavy (non-hydrogen) atoms. The third kappa shape index (κ3) is 4.13. The van der Waals surface area contributed by atoms with Crippen LogP contribution in [0.4, 0.5) is 5.69 Å². The summed E-state index contributed by atoms with van der Waals surface area (Å²) in [5.74, 6) is -0.0305. The van der Waals surface area contributed by atoms with E-state index in [1.165, 1.54) is 0 Å². The summed E-state index contributed by atoms with van der Waals surface area (Å²) in [6.07, 6.45) is 4.26. The third-order valence-electron chi connectivity index (χ3n) is 4.22. The zero-order valence-corrected chi connectivity index (χ0v) is 14.3. The van der Waals surface area contributed by atoms with Crippen molar-refractivity contribution in [1.82, 2.24) is 9.78 Å². The van der Waals surface area contributed by atoms with Gasteiger partial charge in [0.2, 0.25) is 5.91 Å². The van der Waals surface area contributed by atoms with E-state index in [4.69, 9.17) is 9.47 Å². The zero-order chi connectivity index (χ0) is 16.9. The van der Waals surface area contributed by atoms with Crippen molar-refractivity contribution in [2.45, 2.75) is 45.3 Å². The van der Waals surface area contributed by atoms with Crippen LogP contribution in [-0.4, -0.2) is 41.6 Å². The lowest BCUT2D eigenvalue weighted by Crippen LogP contribution is -2.25. The molecule has 0 saturated carbocycles. The topological polar surface area (TPSA) is 65.4 Å². The summed E-state index contributed by atoms with van der Waals surface area (Å²) in [4.78, 5) is 12.1. The molecule has 0 bridgehead atoms. The molecule has 6 nitrogen and oxygen atoms in total. The van der Waals surface area contributed by atoms with E-state index in [-0.39, 0.29) is 18.1 Å². The maximum absolute atomic E-state index is 12.1. The average Bonchev–Trinajstić information content (AvgIpc) is 2.99. The molecule has 0 unspecified atom stereocenters. The number of anilines is 1. The second-order valence-electron chi connectivity index (χ2n) is 6.44. The van der Waals surface area contributed by atoms with Crippen LogP contribution in [0.25, 0.3) is 10.9 Å². The fourth-order valence-electron chi connectivity index (χ4n) is 2.91. The molecule has 2 aromatic rings. The van der Waals surface area contributed by atoms with Crippen LogP contribution >= 0.6 is 0 Å². The first-order valence-corrected chi connectivity index (χ1v) is 8.60. The number of carbonyl (C=O) groups is 1. The van der Waals surface area contributed by atoms with Gasteiger partial charge in [-0.25, -0.2) is 0 Å². The molecule has 130 valence electrons. The van der Waals surface area contributed by atoms with Gasteiger partial charge in [-0.2, -0.15) is 5.10 Å². The van der Waals surface area contributed by atoms with Crippen molar-refractivity contribution >= 4 is 22.5 Å². The molecule has 1 aliphatic heterocycles. The maximum atomic E-state index is 12.1. The Labute approximate surface area is 142 Å². The standard InChI is InChI=1S/C18H25N3O3/c1-13(2)21-17-11-15(4-3-14(17)12-19-21)20-18(22)7-10-24-16-5-8-23-9-6-16/h3-4,11-13,16H,5-10H2,1-2H3,(H,20,22). The molecule has 0 spiro atoms. The van der Waals surface area contributed by atoms with Crippen LogP contribution in [0, 0.1) is 0 Å². The van der Waals surface area contributed by atoms with Crippen molar-refractivity contribution in [3.05, 3.63) is 24.4 Å². The number of carbonyl (C=O) groups excluding carboxylic acids is 1. The molecular formula is C18H25N3O3. The lowest BCUT2D eigenvalue weighted by Gasteiger charge is -2.22. The molecule has 0 aliphatic carbocycles. The van der Waals surface area contributed by atoms with Gasteiger partial charge in [-0.05, 0) is 44.9 Å². The number of ether oxygens (including phenoxy) is 2. The van der Waals surface area contributed by atoms with Gasteiger partial charge in [0, 0.05) is 30.3 Å². The highest BCUT2D eigenvalue weighted by Crippen LogP contribution is 2.22. The highest BCUT2D eigenvalue weighted by molar-refractivity contribution is 5.93. The largest absolute Gasteiger partial charge is 0.381 e. The number of fused-ring (bicyclic) bond motifs is 1. The number of hydrogen-bond acceptors (Lipinski definition) is 4. The van der Waals surface area contributed by atoms with Crippen molar-refractivity contribution in [1.29, 1.82) is 0 Å². The SMILES string of the molecule is CC(C)n1ncc2ccc(NC(=O)CCOC3CCOCC3)cc21. The molecule has 1 N–H and O–H groups in total. The molecule has 6 heteroatoms. The van der Waals surface area contributed by atoms with E-state index in [1.807, 2.05) is 29.1 Å². The predicted molar refractivity (Wildman–Crippen MR) is 93.2 cm³/mol. The van der Waals surface area contributed by atoms with Crippen molar-refractivity contribution in [2.24, 2.45) is 0 Å². The summed E-state index contributed by atoms with van der Waals surface area (Å²) < 4.78 is 13.0. The second-order valence-corrected chi connectivity index (χ2v) is 6.44. The molecule has 2 heterocycles.